The number of nitrogens with one attached hydrogen (secondary N) is 1. The minimum Gasteiger partial charge on any atom is -0.496 e. The van der Waals surface area contributed by atoms with Crippen LogP contribution < -0.4 is 4.74 Å². The number of esters is 2. The molecule has 0 aliphatic carbocycles. The van der Waals surface area contributed by atoms with E-state index in [1.165, 1.54) is 0 Å². The van der Waals surface area contributed by atoms with Crippen LogP contribution in [-0.4, -0.2) is 30.6 Å². The van der Waals surface area contributed by atoms with E-state index in [0.29, 0.717) is 22.6 Å². The highest BCUT2D eigenvalue weighted by molar-refractivity contribution is 5.98. The van der Waals surface area contributed by atoms with Gasteiger partial charge in [0.25, 0.3) is 0 Å². The van der Waals surface area contributed by atoms with Crippen LogP contribution in [0.4, 0.5) is 0 Å². The van der Waals surface area contributed by atoms with E-state index < -0.39 is 11.9 Å². The predicted octanol–water partition coefficient (Wildman–Crippen LogP) is 3.48. The molecule has 0 bridgehead atoms. The largest absolute Gasteiger partial charge is 0.496 e. The Morgan fingerprint density at radius 1 is 1.08 bits per heavy atom. The van der Waals surface area contributed by atoms with Crippen molar-refractivity contribution in [2.75, 3.05) is 13.7 Å². The Bertz CT molecular complexity index is 791. The third kappa shape index (κ3) is 4.02. The Morgan fingerprint density at radius 3 is 2.44 bits per heavy atom. The first kappa shape index (κ1) is 18.6. The molecule has 25 heavy (non-hydrogen) atoms. The number of H-pyrrole nitrogens is 1. The molecule has 1 heterocycles. The summed E-state index contributed by atoms with van der Waals surface area (Å²) in [6.45, 7) is 7.46. The van der Waals surface area contributed by atoms with Crippen LogP contribution in [0, 0.1) is 20.8 Å². The molecule has 1 N–H and O–H groups in total. The van der Waals surface area contributed by atoms with E-state index in [0.717, 1.165) is 11.1 Å². The highest BCUT2D eigenvalue weighted by atomic mass is 16.5. The van der Waals surface area contributed by atoms with Crippen molar-refractivity contribution in [3.8, 4) is 5.75 Å². The molecule has 0 atom stereocenters. The maximum Gasteiger partial charge on any atom is 0.355 e. The van der Waals surface area contributed by atoms with Gasteiger partial charge in [0, 0.05) is 11.3 Å². The summed E-state index contributed by atoms with van der Waals surface area (Å²) in [5.74, 6) is -0.321. The van der Waals surface area contributed by atoms with Crippen molar-refractivity contribution in [1.82, 2.24) is 4.98 Å². The summed E-state index contributed by atoms with van der Waals surface area (Å²) in [4.78, 5) is 27.4. The van der Waals surface area contributed by atoms with Crippen molar-refractivity contribution >= 4 is 11.9 Å². The number of aromatic amines is 1. The topological polar surface area (TPSA) is 77.6 Å². The summed E-state index contributed by atoms with van der Waals surface area (Å²) in [6.07, 6.45) is 0. The van der Waals surface area contributed by atoms with Gasteiger partial charge in [-0.05, 0) is 45.4 Å². The SMILES string of the molecule is CCOC(=O)c1c(C)[nH]c(C(=O)OCc2cc(C)ccc2OC)c1C. The van der Waals surface area contributed by atoms with E-state index in [2.05, 4.69) is 4.98 Å². The second-order valence-electron chi connectivity index (χ2n) is 5.74. The molecule has 2 rings (SSSR count). The highest BCUT2D eigenvalue weighted by Gasteiger charge is 2.23. The molecule has 134 valence electrons. The van der Waals surface area contributed by atoms with Crippen LogP contribution in [0.15, 0.2) is 18.2 Å². The molecule has 6 heteroatoms. The summed E-state index contributed by atoms with van der Waals surface area (Å²) in [7, 11) is 1.57. The van der Waals surface area contributed by atoms with E-state index in [9.17, 15) is 9.59 Å². The van der Waals surface area contributed by atoms with Crippen LogP contribution in [0.5, 0.6) is 5.75 Å². The molecule has 6 nitrogen and oxygen atoms in total. The molecule has 2 aromatic rings. The van der Waals surface area contributed by atoms with Crippen LogP contribution in [0.2, 0.25) is 0 Å². The lowest BCUT2D eigenvalue weighted by Crippen LogP contribution is -2.09. The Labute approximate surface area is 147 Å². The van der Waals surface area contributed by atoms with Crippen LogP contribution in [0.25, 0.3) is 0 Å². The van der Waals surface area contributed by atoms with Crippen molar-refractivity contribution in [1.29, 1.82) is 0 Å². The van der Waals surface area contributed by atoms with Crippen LogP contribution in [0.1, 0.15) is 50.2 Å². The van der Waals surface area contributed by atoms with Crippen molar-refractivity contribution in [2.45, 2.75) is 34.3 Å². The number of aromatic nitrogens is 1. The van der Waals surface area contributed by atoms with Gasteiger partial charge >= 0.3 is 11.9 Å². The monoisotopic (exact) mass is 345 g/mol. The van der Waals surface area contributed by atoms with Crippen molar-refractivity contribution in [3.05, 3.63) is 51.8 Å². The lowest BCUT2D eigenvalue weighted by atomic mass is 10.1. The van der Waals surface area contributed by atoms with Gasteiger partial charge < -0.3 is 19.2 Å². The lowest BCUT2D eigenvalue weighted by molar-refractivity contribution is 0.0463. The first-order valence-corrected chi connectivity index (χ1v) is 8.05. The molecule has 0 aliphatic heterocycles. The number of rotatable bonds is 6. The van der Waals surface area contributed by atoms with Crippen molar-refractivity contribution < 1.29 is 23.8 Å². The minimum atomic E-state index is -0.528. The van der Waals surface area contributed by atoms with Crippen LogP contribution in [0.3, 0.4) is 0 Å². The second-order valence-corrected chi connectivity index (χ2v) is 5.74. The molecule has 0 aliphatic rings. The fraction of sp³-hybridized carbons (Fsp3) is 0.368. The number of carbonyl (C=O) groups excluding carboxylic acids is 2. The van der Waals surface area contributed by atoms with E-state index >= 15 is 0 Å². The number of hydrogen-bond donors (Lipinski definition) is 1. The summed E-state index contributed by atoms with van der Waals surface area (Å²) in [5.41, 5.74) is 3.56. The van der Waals surface area contributed by atoms with Crippen molar-refractivity contribution in [2.24, 2.45) is 0 Å². The van der Waals surface area contributed by atoms with E-state index in [1.54, 1.807) is 27.9 Å². The molecule has 0 unspecified atom stereocenters. The van der Waals surface area contributed by atoms with Crippen LogP contribution in [-0.2, 0) is 16.1 Å². The van der Waals surface area contributed by atoms with Crippen molar-refractivity contribution in [3.63, 3.8) is 0 Å². The fourth-order valence-electron chi connectivity index (χ4n) is 2.70. The van der Waals surface area contributed by atoms with Gasteiger partial charge in [0.15, 0.2) is 0 Å². The molecule has 0 radical (unpaired) electrons. The number of benzene rings is 1. The lowest BCUT2D eigenvalue weighted by Gasteiger charge is -2.10. The van der Waals surface area contributed by atoms with Gasteiger partial charge in [-0.15, -0.1) is 0 Å². The molecule has 0 spiro atoms. The van der Waals surface area contributed by atoms with E-state index in [4.69, 9.17) is 14.2 Å². The zero-order valence-electron chi connectivity index (χ0n) is 15.2. The molecule has 0 fully saturated rings. The average molecular weight is 345 g/mol. The van der Waals surface area contributed by atoms with Gasteiger partial charge in [-0.2, -0.15) is 0 Å². The Kier molecular flexibility index (Phi) is 5.85. The minimum absolute atomic E-state index is 0.0793. The molecule has 0 amide bonds. The number of methoxy groups -OCH3 is 1. The third-order valence-electron chi connectivity index (χ3n) is 3.92. The first-order valence-electron chi connectivity index (χ1n) is 8.05. The Hall–Kier alpha value is -2.76. The summed E-state index contributed by atoms with van der Waals surface area (Å²) >= 11 is 0. The fourth-order valence-corrected chi connectivity index (χ4v) is 2.70. The molecule has 0 saturated heterocycles. The zero-order chi connectivity index (χ0) is 18.6. The van der Waals surface area contributed by atoms with Gasteiger partial charge in [0.1, 0.15) is 18.1 Å². The highest BCUT2D eigenvalue weighted by Crippen LogP contribution is 2.23. The average Bonchev–Trinajstić information content (AvgIpc) is 2.87. The Morgan fingerprint density at radius 2 is 1.80 bits per heavy atom. The van der Waals surface area contributed by atoms with Gasteiger partial charge in [0.2, 0.25) is 0 Å². The van der Waals surface area contributed by atoms with E-state index in [1.807, 2.05) is 25.1 Å². The zero-order valence-corrected chi connectivity index (χ0v) is 15.2. The van der Waals surface area contributed by atoms with E-state index in [-0.39, 0.29) is 18.9 Å². The molecule has 0 saturated carbocycles. The summed E-state index contributed by atoms with van der Waals surface area (Å²) in [5, 5.41) is 0. The molecular formula is C19H23NO5. The van der Waals surface area contributed by atoms with Gasteiger partial charge in [-0.1, -0.05) is 11.6 Å². The summed E-state index contributed by atoms with van der Waals surface area (Å²) < 4.78 is 15.7. The maximum atomic E-state index is 12.4. The number of ether oxygens (including phenoxy) is 3. The van der Waals surface area contributed by atoms with Gasteiger partial charge in [-0.3, -0.25) is 0 Å². The third-order valence-corrected chi connectivity index (χ3v) is 3.92. The summed E-state index contributed by atoms with van der Waals surface area (Å²) in [6, 6.07) is 5.67. The second kappa shape index (κ2) is 7.88. The number of hydrogen-bond acceptors (Lipinski definition) is 5. The number of carbonyl (C=O) groups is 2. The predicted molar refractivity (Wildman–Crippen MR) is 93.1 cm³/mol. The molecule has 1 aromatic heterocycles. The smallest absolute Gasteiger partial charge is 0.355 e. The maximum absolute atomic E-state index is 12.4. The van der Waals surface area contributed by atoms with Gasteiger partial charge in [0.05, 0.1) is 19.3 Å². The Balaban J connectivity index is 2.18. The van der Waals surface area contributed by atoms with Gasteiger partial charge in [-0.25, -0.2) is 9.59 Å². The van der Waals surface area contributed by atoms with Crippen LogP contribution >= 0.6 is 0 Å². The molecule has 1 aromatic carbocycles. The molecular weight excluding hydrogens is 322 g/mol. The first-order chi connectivity index (χ1) is 11.9. The standard InChI is InChI=1S/C19H23NO5/c1-6-24-18(21)16-12(3)17(20-13(16)4)19(22)25-10-14-9-11(2)7-8-15(14)23-5/h7-9,20H,6,10H2,1-5H3. The quantitative estimate of drug-likeness (QED) is 0.811. The number of aryl methyl sites for hydroxylation is 2. The normalized spacial score (nSPS) is 10.4.